The predicted molar refractivity (Wildman–Crippen MR) is 418 cm³/mol. The SMILES string of the molecule is CC.CC.CC.CC.CC.CC.CC(C)(C)c1cccnn1.CC(C)(C)c1ccncn1.CC(C)(C)c1ccnnc1.CC(C)(C)c1cncnc1.CC(C)(C)c1ncccn1.CNc1ncc(C(C)C)cn1.Cn1cc(C(C)(C)C)ccc1=O.Cn1ccc(C(C)(C)C)cc1=O. The first-order valence-corrected chi connectivity index (χ1v) is 34.8. The highest BCUT2D eigenvalue weighted by atomic mass is 16.1. The molecule has 8 heterocycles. The van der Waals surface area contributed by atoms with Crippen LogP contribution in [0, 0.1) is 0 Å². The molecule has 0 aliphatic carbocycles. The van der Waals surface area contributed by atoms with Gasteiger partial charge in [0.05, 0.1) is 11.9 Å². The van der Waals surface area contributed by atoms with E-state index in [2.05, 4.69) is 225 Å². The van der Waals surface area contributed by atoms with Crippen LogP contribution in [0.2, 0.25) is 0 Å². The summed E-state index contributed by atoms with van der Waals surface area (Å²) in [6, 6.07) is 16.9. The zero-order valence-corrected chi connectivity index (χ0v) is 68.4. The maximum atomic E-state index is 11.2. The first-order chi connectivity index (χ1) is 45.1. The summed E-state index contributed by atoms with van der Waals surface area (Å²) in [5.41, 5.74) is 8.94. The van der Waals surface area contributed by atoms with E-state index in [-0.39, 0.29) is 49.0 Å². The second-order valence-electron chi connectivity index (χ2n) is 27.8. The molecule has 0 amide bonds. The molecule has 8 aromatic rings. The highest BCUT2D eigenvalue weighted by Crippen LogP contribution is 2.23. The van der Waals surface area contributed by atoms with Gasteiger partial charge in [-0.3, -0.25) is 9.59 Å². The smallest absolute Gasteiger partial charge is 0.250 e. The molecule has 17 nitrogen and oxygen atoms in total. The lowest BCUT2D eigenvalue weighted by Crippen LogP contribution is -2.20. The van der Waals surface area contributed by atoms with E-state index >= 15 is 0 Å². The molecule has 0 aliphatic heterocycles. The first-order valence-electron chi connectivity index (χ1n) is 34.8. The van der Waals surface area contributed by atoms with Gasteiger partial charge in [-0.25, -0.2) is 39.9 Å². The third kappa shape index (κ3) is 48.5. The van der Waals surface area contributed by atoms with Gasteiger partial charge in [0.1, 0.15) is 18.5 Å². The second-order valence-corrected chi connectivity index (χ2v) is 27.8. The van der Waals surface area contributed by atoms with Gasteiger partial charge in [-0.2, -0.15) is 20.4 Å². The van der Waals surface area contributed by atoms with Crippen molar-refractivity contribution >= 4 is 5.95 Å². The van der Waals surface area contributed by atoms with E-state index in [4.69, 9.17) is 0 Å². The molecule has 0 radical (unpaired) electrons. The molecule has 0 aromatic carbocycles. The fourth-order valence-corrected chi connectivity index (χ4v) is 6.36. The van der Waals surface area contributed by atoms with Gasteiger partial charge < -0.3 is 14.5 Å². The monoisotopic (exact) mass is 1340 g/mol. The standard InChI is InChI=1S/2C10H15NO.C8H13N3.5C8H12N2.6C2H6/c1-10(2,3)8-5-6-11(4)9(12)7-8;1-10(2,3)8-5-6-9(12)11(4)7-8;1-6(2)7-4-10-8(9-3)11-5-7;1-8(2,3)7-4-9-6-10-5-7;1-8(2,3)7-4-5-9-6-10-7;1-8(2,3)7-4-5-9-10-6-7;1-8(2,3)7-9-5-4-6-10-7;1-8(2,3)7-5-4-6-9-10-7;6*1-2/h2*5-7H,1-4H3;4-6H,1-3H3,(H,9,10,11);5*4-6H,1-3H3;6*1-2H3. The van der Waals surface area contributed by atoms with E-state index in [1.54, 1.807) is 85.2 Å². The summed E-state index contributed by atoms with van der Waals surface area (Å²) in [5, 5.41) is 18.2. The van der Waals surface area contributed by atoms with E-state index < -0.39 is 0 Å². The van der Waals surface area contributed by atoms with Gasteiger partial charge in [0, 0.05) is 123 Å². The van der Waals surface area contributed by atoms with Gasteiger partial charge in [0.2, 0.25) is 11.5 Å². The van der Waals surface area contributed by atoms with Crippen LogP contribution in [-0.4, -0.2) is 76.4 Å². The van der Waals surface area contributed by atoms with Crippen LogP contribution in [0.25, 0.3) is 0 Å². The molecule has 0 spiro atoms. The third-order valence-electron chi connectivity index (χ3n) is 12.3. The van der Waals surface area contributed by atoms with Crippen LogP contribution in [0.1, 0.15) is 293 Å². The lowest BCUT2D eigenvalue weighted by molar-refractivity contribution is 0.545. The molecular weight excluding hydrogens is 1200 g/mol. The molecule has 0 atom stereocenters. The maximum Gasteiger partial charge on any atom is 0.250 e. The largest absolute Gasteiger partial charge is 0.357 e. The van der Waals surface area contributed by atoms with Crippen LogP contribution >= 0.6 is 0 Å². The summed E-state index contributed by atoms with van der Waals surface area (Å²) in [7, 11) is 5.34. The molecule has 0 bridgehead atoms. The van der Waals surface area contributed by atoms with Gasteiger partial charge >= 0.3 is 0 Å². The van der Waals surface area contributed by atoms with Crippen molar-refractivity contribution in [1.29, 1.82) is 0 Å². The molecule has 0 saturated carbocycles. The number of anilines is 1. The summed E-state index contributed by atoms with van der Waals surface area (Å²) < 4.78 is 3.19. The van der Waals surface area contributed by atoms with Gasteiger partial charge in [-0.15, -0.1) is 0 Å². The predicted octanol–water partition coefficient (Wildman–Crippen LogP) is 20.0. The van der Waals surface area contributed by atoms with Crippen LogP contribution < -0.4 is 16.4 Å². The van der Waals surface area contributed by atoms with E-state index in [9.17, 15) is 9.59 Å². The van der Waals surface area contributed by atoms with Crippen molar-refractivity contribution in [2.75, 3.05) is 12.4 Å². The van der Waals surface area contributed by atoms with E-state index in [0.717, 1.165) is 22.8 Å². The molecule has 1 N–H and O–H groups in total. The number of aromatic nitrogens is 14. The zero-order valence-electron chi connectivity index (χ0n) is 68.4. The molecule has 8 rings (SSSR count). The Kier molecular flexibility index (Phi) is 55.0. The van der Waals surface area contributed by atoms with Crippen LogP contribution in [0.15, 0.2) is 151 Å². The topological polar surface area (TPSA) is 211 Å². The van der Waals surface area contributed by atoms with Crippen molar-refractivity contribution in [2.45, 2.75) is 286 Å². The summed E-state index contributed by atoms with van der Waals surface area (Å²) >= 11 is 0. The number of aryl methyl sites for hydroxylation is 2. The Bertz CT molecular complexity index is 2900. The molecule has 97 heavy (non-hydrogen) atoms. The normalized spacial score (nSPS) is 10.3. The summed E-state index contributed by atoms with van der Waals surface area (Å²) in [4.78, 5) is 54.6. The minimum Gasteiger partial charge on any atom is -0.357 e. The van der Waals surface area contributed by atoms with Crippen molar-refractivity contribution in [3.8, 4) is 0 Å². The average molecular weight is 1340 g/mol. The van der Waals surface area contributed by atoms with Gasteiger partial charge in [-0.05, 0) is 91.8 Å². The van der Waals surface area contributed by atoms with Crippen LogP contribution in [0.3, 0.4) is 0 Å². The zero-order chi connectivity index (χ0) is 77.0. The van der Waals surface area contributed by atoms with Gasteiger partial charge in [0.15, 0.2) is 0 Å². The molecule has 546 valence electrons. The average Bonchev–Trinajstić information content (AvgIpc) is 0.904. The molecule has 0 saturated heterocycles. The molecule has 0 aliphatic rings. The lowest BCUT2D eigenvalue weighted by atomic mass is 9.88. The number of hydrogen-bond acceptors (Lipinski definition) is 15. The first kappa shape index (κ1) is 100. The summed E-state index contributed by atoms with van der Waals surface area (Å²) in [5.74, 6) is 2.07. The van der Waals surface area contributed by atoms with Crippen molar-refractivity contribution in [3.63, 3.8) is 0 Å². The fraction of sp³-hybridized carbons (Fsp3) is 0.575. The molecule has 0 unspecified atom stereocenters. The fourth-order valence-electron chi connectivity index (χ4n) is 6.36. The van der Waals surface area contributed by atoms with Crippen molar-refractivity contribution in [3.05, 3.63) is 207 Å². The highest BCUT2D eigenvalue weighted by Gasteiger charge is 2.18. The van der Waals surface area contributed by atoms with Gasteiger partial charge in [-0.1, -0.05) is 248 Å². The Morgan fingerprint density at radius 2 is 0.866 bits per heavy atom. The van der Waals surface area contributed by atoms with Crippen molar-refractivity contribution in [1.82, 2.24) is 69.4 Å². The summed E-state index contributed by atoms with van der Waals surface area (Å²) in [6.07, 6.45) is 24.8. The van der Waals surface area contributed by atoms with E-state index in [0.29, 0.717) is 11.9 Å². The van der Waals surface area contributed by atoms with Crippen LogP contribution in [-0.2, 0) is 52.0 Å². The minimum absolute atomic E-state index is 0.0444. The minimum atomic E-state index is 0.0444. The number of rotatable bonds is 2. The third-order valence-corrected chi connectivity index (χ3v) is 12.3. The quantitative estimate of drug-likeness (QED) is 0.171. The maximum absolute atomic E-state index is 11.2. The number of nitrogens with zero attached hydrogens (tertiary/aromatic N) is 14. The Balaban J connectivity index is -0.000000238. The Labute approximate surface area is 592 Å². The molecule has 17 heteroatoms. The van der Waals surface area contributed by atoms with Crippen LogP contribution in [0.4, 0.5) is 5.95 Å². The molecule has 0 fully saturated rings. The van der Waals surface area contributed by atoms with Crippen molar-refractivity contribution < 1.29 is 0 Å². The number of hydrogen-bond donors (Lipinski definition) is 1. The van der Waals surface area contributed by atoms with E-state index in [1.807, 2.05) is 170 Å². The number of nitrogens with one attached hydrogen (secondary N) is 1. The van der Waals surface area contributed by atoms with Crippen molar-refractivity contribution in [2.24, 2.45) is 14.1 Å². The molecular formula is C80H139N15O2. The van der Waals surface area contributed by atoms with Gasteiger partial charge in [0.25, 0.3) is 5.56 Å². The second kappa shape index (κ2) is 53.3. The van der Waals surface area contributed by atoms with E-state index in [1.165, 1.54) is 22.3 Å². The highest BCUT2D eigenvalue weighted by molar-refractivity contribution is 5.25. The Morgan fingerprint density at radius 3 is 1.16 bits per heavy atom. The molecule has 8 aromatic heterocycles. The number of pyridine rings is 2. The lowest BCUT2D eigenvalue weighted by Gasteiger charge is -2.19. The van der Waals surface area contributed by atoms with Crippen LogP contribution in [0.5, 0.6) is 0 Å². The summed E-state index contributed by atoms with van der Waals surface area (Å²) in [6.45, 7) is 72.9. The Hall–Kier alpha value is -7.82. The Morgan fingerprint density at radius 1 is 0.381 bits per heavy atom.